The van der Waals surface area contributed by atoms with Crippen LogP contribution in [0, 0.1) is 13.8 Å². The number of piperidine rings is 1. The molecule has 0 spiro atoms. The van der Waals surface area contributed by atoms with Crippen molar-refractivity contribution in [3.8, 4) is 0 Å². The third kappa shape index (κ3) is 5.50. The fourth-order valence-corrected chi connectivity index (χ4v) is 3.81. The van der Waals surface area contributed by atoms with Gasteiger partial charge in [0, 0.05) is 43.5 Å². The van der Waals surface area contributed by atoms with E-state index in [0.29, 0.717) is 25.2 Å². The van der Waals surface area contributed by atoms with Gasteiger partial charge in [-0.2, -0.15) is 10.1 Å². The van der Waals surface area contributed by atoms with Gasteiger partial charge in [-0.3, -0.25) is 14.5 Å². The standard InChI is InChI=1S/C20H31N7O2/c1-4-9-21-19(29)12-26-10-7-16(8-11-26)25-18(28)6-5-17-14(2)24-20-22-13-23-27(20)15(17)3/h13,16H,4-12H2,1-3H3,(H,21,29)(H,25,28). The molecule has 2 aromatic rings. The molecule has 0 bridgehead atoms. The molecule has 1 fully saturated rings. The van der Waals surface area contributed by atoms with Crippen LogP contribution in [0.3, 0.4) is 0 Å². The molecule has 0 aromatic carbocycles. The van der Waals surface area contributed by atoms with Crippen molar-refractivity contribution in [2.75, 3.05) is 26.2 Å². The molecule has 2 N–H and O–H groups in total. The lowest BCUT2D eigenvalue weighted by Crippen LogP contribution is -2.47. The molecule has 9 heteroatoms. The van der Waals surface area contributed by atoms with Gasteiger partial charge in [-0.1, -0.05) is 6.92 Å². The number of rotatable bonds is 8. The highest BCUT2D eigenvalue weighted by Gasteiger charge is 2.22. The van der Waals surface area contributed by atoms with Crippen LogP contribution >= 0.6 is 0 Å². The molecule has 0 radical (unpaired) electrons. The largest absolute Gasteiger partial charge is 0.355 e. The summed E-state index contributed by atoms with van der Waals surface area (Å²) in [4.78, 5) is 35.0. The summed E-state index contributed by atoms with van der Waals surface area (Å²) in [6.45, 7) is 8.80. The fourth-order valence-electron chi connectivity index (χ4n) is 3.81. The first-order chi connectivity index (χ1) is 14.0. The topological polar surface area (TPSA) is 105 Å². The molecule has 1 aliphatic rings. The van der Waals surface area contributed by atoms with Crippen molar-refractivity contribution in [1.82, 2.24) is 35.1 Å². The average molecular weight is 402 g/mol. The first-order valence-corrected chi connectivity index (χ1v) is 10.4. The Morgan fingerprint density at radius 1 is 1.21 bits per heavy atom. The number of nitrogens with one attached hydrogen (secondary N) is 2. The summed E-state index contributed by atoms with van der Waals surface area (Å²) < 4.78 is 1.71. The number of amides is 2. The lowest BCUT2D eigenvalue weighted by atomic mass is 10.0. The van der Waals surface area contributed by atoms with Gasteiger partial charge in [0.2, 0.25) is 11.8 Å². The predicted octanol–water partition coefficient (Wildman–Crippen LogP) is 0.781. The van der Waals surface area contributed by atoms with Crippen LogP contribution in [0.5, 0.6) is 0 Å². The molecule has 2 aromatic heterocycles. The van der Waals surface area contributed by atoms with Crippen LogP contribution in [0.1, 0.15) is 49.6 Å². The van der Waals surface area contributed by atoms with Gasteiger partial charge in [-0.25, -0.2) is 9.50 Å². The van der Waals surface area contributed by atoms with E-state index in [4.69, 9.17) is 0 Å². The van der Waals surface area contributed by atoms with Gasteiger partial charge in [0.15, 0.2) is 0 Å². The number of aryl methyl sites for hydroxylation is 2. The maximum atomic E-state index is 12.5. The number of carbonyl (C=O) groups excluding carboxylic acids is 2. The summed E-state index contributed by atoms with van der Waals surface area (Å²) in [6, 6.07) is 0.176. The molecular weight excluding hydrogens is 370 g/mol. The molecule has 9 nitrogen and oxygen atoms in total. The Hall–Kier alpha value is -2.55. The summed E-state index contributed by atoms with van der Waals surface area (Å²) in [5.41, 5.74) is 2.92. The van der Waals surface area contributed by atoms with Gasteiger partial charge in [-0.15, -0.1) is 0 Å². The average Bonchev–Trinajstić information content (AvgIpc) is 3.16. The Balaban J connectivity index is 1.43. The van der Waals surface area contributed by atoms with Gasteiger partial charge in [0.25, 0.3) is 5.78 Å². The molecule has 1 saturated heterocycles. The third-order valence-electron chi connectivity index (χ3n) is 5.48. The summed E-state index contributed by atoms with van der Waals surface area (Å²) in [5.74, 6) is 0.725. The number of nitrogens with zero attached hydrogens (tertiary/aromatic N) is 5. The van der Waals surface area contributed by atoms with Crippen LogP contribution in [0.15, 0.2) is 6.33 Å². The minimum absolute atomic E-state index is 0.0571. The van der Waals surface area contributed by atoms with Crippen molar-refractivity contribution in [1.29, 1.82) is 0 Å². The number of likely N-dealkylation sites (tertiary alicyclic amines) is 1. The van der Waals surface area contributed by atoms with E-state index in [9.17, 15) is 9.59 Å². The number of carbonyl (C=O) groups is 2. The predicted molar refractivity (Wildman–Crippen MR) is 109 cm³/mol. The Morgan fingerprint density at radius 3 is 2.69 bits per heavy atom. The fraction of sp³-hybridized carbons (Fsp3) is 0.650. The number of aromatic nitrogens is 4. The molecule has 3 rings (SSSR count). The van der Waals surface area contributed by atoms with Crippen LogP contribution < -0.4 is 10.6 Å². The van der Waals surface area contributed by atoms with E-state index < -0.39 is 0 Å². The van der Waals surface area contributed by atoms with Crippen molar-refractivity contribution in [3.63, 3.8) is 0 Å². The van der Waals surface area contributed by atoms with Crippen LogP contribution in [-0.2, 0) is 16.0 Å². The molecular formula is C20H31N7O2. The van der Waals surface area contributed by atoms with E-state index in [1.54, 1.807) is 4.52 Å². The van der Waals surface area contributed by atoms with Gasteiger partial charge in [0.05, 0.1) is 6.54 Å². The summed E-state index contributed by atoms with van der Waals surface area (Å²) in [6.07, 6.45) is 5.23. The van der Waals surface area contributed by atoms with Crippen LogP contribution in [0.2, 0.25) is 0 Å². The van der Waals surface area contributed by atoms with Crippen molar-refractivity contribution >= 4 is 17.6 Å². The highest BCUT2D eigenvalue weighted by molar-refractivity contribution is 5.78. The van der Waals surface area contributed by atoms with Crippen LogP contribution in [0.4, 0.5) is 0 Å². The second-order valence-corrected chi connectivity index (χ2v) is 7.70. The van der Waals surface area contributed by atoms with E-state index in [0.717, 1.165) is 55.8 Å². The first-order valence-electron chi connectivity index (χ1n) is 10.4. The lowest BCUT2D eigenvalue weighted by Gasteiger charge is -2.31. The minimum atomic E-state index is 0.0571. The smallest absolute Gasteiger partial charge is 0.252 e. The zero-order valence-corrected chi connectivity index (χ0v) is 17.6. The summed E-state index contributed by atoms with van der Waals surface area (Å²) in [5, 5.41) is 10.2. The zero-order valence-electron chi connectivity index (χ0n) is 17.6. The second-order valence-electron chi connectivity index (χ2n) is 7.70. The first kappa shape index (κ1) is 21.2. The zero-order chi connectivity index (χ0) is 20.8. The van der Waals surface area contributed by atoms with E-state index >= 15 is 0 Å². The van der Waals surface area contributed by atoms with Crippen LogP contribution in [-0.4, -0.2) is 68.5 Å². The van der Waals surface area contributed by atoms with Crippen molar-refractivity contribution in [2.24, 2.45) is 0 Å². The Morgan fingerprint density at radius 2 is 1.97 bits per heavy atom. The molecule has 2 amide bonds. The van der Waals surface area contributed by atoms with Crippen molar-refractivity contribution in [2.45, 2.75) is 58.9 Å². The van der Waals surface area contributed by atoms with Crippen LogP contribution in [0.25, 0.3) is 5.78 Å². The maximum absolute atomic E-state index is 12.5. The van der Waals surface area contributed by atoms with E-state index in [-0.39, 0.29) is 17.9 Å². The van der Waals surface area contributed by atoms with Gasteiger partial charge in [0.1, 0.15) is 6.33 Å². The van der Waals surface area contributed by atoms with Crippen molar-refractivity contribution in [3.05, 3.63) is 23.3 Å². The number of hydrogen-bond acceptors (Lipinski definition) is 6. The van der Waals surface area contributed by atoms with Gasteiger partial charge >= 0.3 is 0 Å². The molecule has 0 aliphatic carbocycles. The Kier molecular flexibility index (Phi) is 7.13. The van der Waals surface area contributed by atoms with E-state index in [2.05, 4.69) is 30.6 Å². The third-order valence-corrected chi connectivity index (χ3v) is 5.48. The summed E-state index contributed by atoms with van der Waals surface area (Å²) >= 11 is 0. The SMILES string of the molecule is CCCNC(=O)CN1CCC(NC(=O)CCc2c(C)nc3ncnn3c2C)CC1. The quantitative estimate of drug-likeness (QED) is 0.677. The molecule has 0 atom stereocenters. The molecule has 0 saturated carbocycles. The summed E-state index contributed by atoms with van der Waals surface area (Å²) in [7, 11) is 0. The minimum Gasteiger partial charge on any atom is -0.355 e. The normalized spacial score (nSPS) is 15.6. The number of hydrogen-bond donors (Lipinski definition) is 2. The van der Waals surface area contributed by atoms with Gasteiger partial charge < -0.3 is 10.6 Å². The monoisotopic (exact) mass is 401 g/mol. The molecule has 0 unspecified atom stereocenters. The molecule has 1 aliphatic heterocycles. The van der Waals surface area contributed by atoms with Gasteiger partial charge in [-0.05, 0) is 45.1 Å². The molecule has 3 heterocycles. The van der Waals surface area contributed by atoms with E-state index in [1.165, 1.54) is 6.33 Å². The number of fused-ring (bicyclic) bond motifs is 1. The van der Waals surface area contributed by atoms with E-state index in [1.807, 2.05) is 20.8 Å². The van der Waals surface area contributed by atoms with Crippen molar-refractivity contribution < 1.29 is 9.59 Å². The Bertz CT molecular complexity index is 856. The highest BCUT2D eigenvalue weighted by Crippen LogP contribution is 2.15. The second kappa shape index (κ2) is 9.78. The molecule has 29 heavy (non-hydrogen) atoms. The Labute approximate surface area is 171 Å². The lowest BCUT2D eigenvalue weighted by molar-refractivity contribution is -0.124. The highest BCUT2D eigenvalue weighted by atomic mass is 16.2. The molecule has 158 valence electrons. The maximum Gasteiger partial charge on any atom is 0.252 e.